The summed E-state index contributed by atoms with van der Waals surface area (Å²) in [5, 5.41) is 8.41. The summed E-state index contributed by atoms with van der Waals surface area (Å²) >= 11 is 0. The first-order chi connectivity index (χ1) is 7.74. The average Bonchev–Trinajstić information content (AvgIpc) is 2.30. The van der Waals surface area contributed by atoms with E-state index in [2.05, 4.69) is 16.0 Å². The van der Waals surface area contributed by atoms with Crippen LogP contribution in [-0.2, 0) is 14.3 Å². The molecule has 0 saturated carbocycles. The van der Waals surface area contributed by atoms with Crippen LogP contribution in [-0.4, -0.2) is 50.7 Å². The van der Waals surface area contributed by atoms with E-state index in [1.54, 1.807) is 0 Å². The van der Waals surface area contributed by atoms with Gasteiger partial charge < -0.3 is 20.7 Å². The molecule has 0 bridgehead atoms. The monoisotopic (exact) mass is 229 g/mol. The van der Waals surface area contributed by atoms with Crippen molar-refractivity contribution in [2.24, 2.45) is 0 Å². The number of carbonyl (C=O) groups is 2. The van der Waals surface area contributed by atoms with Crippen molar-refractivity contribution in [2.75, 3.05) is 32.8 Å². The molecular formula is C10H19N3O3. The van der Waals surface area contributed by atoms with E-state index < -0.39 is 6.10 Å². The third-order valence-corrected chi connectivity index (χ3v) is 2.25. The second-order valence-electron chi connectivity index (χ2n) is 3.56. The molecule has 1 fully saturated rings. The summed E-state index contributed by atoms with van der Waals surface area (Å²) in [5.41, 5.74) is 0. The van der Waals surface area contributed by atoms with Crippen LogP contribution in [0.3, 0.4) is 0 Å². The van der Waals surface area contributed by atoms with Gasteiger partial charge in [-0.25, -0.2) is 0 Å². The van der Waals surface area contributed by atoms with E-state index in [9.17, 15) is 9.59 Å². The molecule has 1 atom stereocenters. The highest BCUT2D eigenvalue weighted by Crippen LogP contribution is 1.95. The van der Waals surface area contributed by atoms with Gasteiger partial charge >= 0.3 is 0 Å². The van der Waals surface area contributed by atoms with Crippen molar-refractivity contribution in [3.8, 4) is 0 Å². The molecule has 1 aliphatic rings. The molecule has 1 aliphatic heterocycles. The number of ether oxygens (including phenoxy) is 1. The van der Waals surface area contributed by atoms with E-state index in [-0.39, 0.29) is 11.8 Å². The second-order valence-corrected chi connectivity index (χ2v) is 3.56. The molecule has 16 heavy (non-hydrogen) atoms. The lowest BCUT2D eigenvalue weighted by Crippen LogP contribution is -2.48. The highest BCUT2D eigenvalue weighted by atomic mass is 16.5. The van der Waals surface area contributed by atoms with Crippen molar-refractivity contribution in [2.45, 2.75) is 19.4 Å². The van der Waals surface area contributed by atoms with Gasteiger partial charge in [0.05, 0.1) is 6.61 Å². The molecule has 2 amide bonds. The summed E-state index contributed by atoms with van der Waals surface area (Å²) in [6, 6.07) is 0. The zero-order chi connectivity index (χ0) is 11.8. The van der Waals surface area contributed by atoms with Crippen molar-refractivity contribution in [1.82, 2.24) is 16.0 Å². The smallest absolute Gasteiger partial charge is 0.250 e. The van der Waals surface area contributed by atoms with Gasteiger partial charge in [0.15, 0.2) is 0 Å². The quantitative estimate of drug-likeness (QED) is 0.543. The van der Waals surface area contributed by atoms with E-state index in [0.29, 0.717) is 32.7 Å². The zero-order valence-electron chi connectivity index (χ0n) is 9.54. The summed E-state index contributed by atoms with van der Waals surface area (Å²) < 4.78 is 5.27. The minimum Gasteiger partial charge on any atom is -0.366 e. The Bertz CT molecular complexity index is 239. The van der Waals surface area contributed by atoms with E-state index in [4.69, 9.17) is 4.74 Å². The summed E-state index contributed by atoms with van der Waals surface area (Å²) in [7, 11) is 0. The lowest BCUT2D eigenvalue weighted by Gasteiger charge is -2.22. The molecule has 0 aromatic carbocycles. The minimum absolute atomic E-state index is 0.0505. The minimum atomic E-state index is -0.428. The molecular weight excluding hydrogens is 210 g/mol. The third kappa shape index (κ3) is 4.59. The molecule has 1 rings (SSSR count). The highest BCUT2D eigenvalue weighted by molar-refractivity contribution is 5.82. The Kier molecular flexibility index (Phi) is 5.81. The molecule has 3 N–H and O–H groups in total. The summed E-state index contributed by atoms with van der Waals surface area (Å²) in [4.78, 5) is 22.6. The lowest BCUT2D eigenvalue weighted by atomic mass is 10.3. The molecule has 0 radical (unpaired) electrons. The Morgan fingerprint density at radius 3 is 2.88 bits per heavy atom. The molecule has 92 valence electrons. The standard InChI is InChI=1S/C10H19N3O3/c1-2-12-9(14)3-4-13-10(15)8-7-11-5-6-16-8/h8,11H,2-7H2,1H3,(H,12,14)(H,13,15). The van der Waals surface area contributed by atoms with Crippen LogP contribution in [0.1, 0.15) is 13.3 Å². The van der Waals surface area contributed by atoms with Gasteiger partial charge in [-0.05, 0) is 6.92 Å². The van der Waals surface area contributed by atoms with Gasteiger partial charge in [-0.1, -0.05) is 0 Å². The maximum absolute atomic E-state index is 11.5. The summed E-state index contributed by atoms with van der Waals surface area (Å²) in [6.45, 7) is 4.69. The molecule has 0 aromatic rings. The average molecular weight is 229 g/mol. The van der Waals surface area contributed by atoms with Gasteiger partial charge in [-0.15, -0.1) is 0 Å². The van der Waals surface area contributed by atoms with E-state index in [0.717, 1.165) is 6.54 Å². The van der Waals surface area contributed by atoms with E-state index in [1.165, 1.54) is 0 Å². The number of hydrogen-bond donors (Lipinski definition) is 3. The van der Waals surface area contributed by atoms with Gasteiger partial charge in [-0.3, -0.25) is 9.59 Å². The van der Waals surface area contributed by atoms with Crippen LogP contribution in [0.15, 0.2) is 0 Å². The number of hydrogen-bond acceptors (Lipinski definition) is 4. The van der Waals surface area contributed by atoms with Gasteiger partial charge in [0.1, 0.15) is 6.10 Å². The Balaban J connectivity index is 2.12. The van der Waals surface area contributed by atoms with E-state index >= 15 is 0 Å². The molecule has 1 unspecified atom stereocenters. The second kappa shape index (κ2) is 7.19. The fraction of sp³-hybridized carbons (Fsp3) is 0.800. The summed E-state index contributed by atoms with van der Waals surface area (Å²) in [6.07, 6.45) is -0.123. The lowest BCUT2D eigenvalue weighted by molar-refractivity contribution is -0.134. The van der Waals surface area contributed by atoms with Crippen molar-refractivity contribution >= 4 is 11.8 Å². The van der Waals surface area contributed by atoms with Crippen LogP contribution in [0, 0.1) is 0 Å². The molecule has 0 aliphatic carbocycles. The molecule has 6 nitrogen and oxygen atoms in total. The number of morpholine rings is 1. The molecule has 1 saturated heterocycles. The van der Waals surface area contributed by atoms with Crippen molar-refractivity contribution in [3.05, 3.63) is 0 Å². The van der Waals surface area contributed by atoms with Gasteiger partial charge in [-0.2, -0.15) is 0 Å². The van der Waals surface area contributed by atoms with Crippen LogP contribution in [0.2, 0.25) is 0 Å². The maximum atomic E-state index is 11.5. The first-order valence-electron chi connectivity index (χ1n) is 5.60. The number of rotatable bonds is 5. The fourth-order valence-electron chi connectivity index (χ4n) is 1.43. The van der Waals surface area contributed by atoms with Gasteiger partial charge in [0.2, 0.25) is 11.8 Å². The van der Waals surface area contributed by atoms with E-state index in [1.807, 2.05) is 6.92 Å². The first kappa shape index (κ1) is 12.9. The SMILES string of the molecule is CCNC(=O)CCNC(=O)C1CNCCO1. The Morgan fingerprint density at radius 2 is 2.25 bits per heavy atom. The van der Waals surface area contributed by atoms with Crippen LogP contribution < -0.4 is 16.0 Å². The van der Waals surface area contributed by atoms with Gasteiger partial charge in [0, 0.05) is 32.6 Å². The van der Waals surface area contributed by atoms with Crippen LogP contribution >= 0.6 is 0 Å². The molecule has 0 aromatic heterocycles. The largest absolute Gasteiger partial charge is 0.366 e. The highest BCUT2D eigenvalue weighted by Gasteiger charge is 2.21. The number of carbonyl (C=O) groups excluding carboxylic acids is 2. The molecule has 1 heterocycles. The van der Waals surface area contributed by atoms with Crippen molar-refractivity contribution in [3.63, 3.8) is 0 Å². The predicted molar refractivity (Wildman–Crippen MR) is 58.9 cm³/mol. The van der Waals surface area contributed by atoms with Crippen LogP contribution in [0.5, 0.6) is 0 Å². The zero-order valence-corrected chi connectivity index (χ0v) is 9.54. The maximum Gasteiger partial charge on any atom is 0.250 e. The van der Waals surface area contributed by atoms with Crippen molar-refractivity contribution in [1.29, 1.82) is 0 Å². The molecule has 6 heteroatoms. The van der Waals surface area contributed by atoms with Crippen LogP contribution in [0.25, 0.3) is 0 Å². The Morgan fingerprint density at radius 1 is 1.44 bits per heavy atom. The third-order valence-electron chi connectivity index (χ3n) is 2.25. The first-order valence-corrected chi connectivity index (χ1v) is 5.60. The topological polar surface area (TPSA) is 79.5 Å². The Hall–Kier alpha value is -1.14. The van der Waals surface area contributed by atoms with Gasteiger partial charge in [0.25, 0.3) is 0 Å². The predicted octanol–water partition coefficient (Wildman–Crippen LogP) is -1.38. The molecule has 0 spiro atoms. The summed E-state index contributed by atoms with van der Waals surface area (Å²) in [5.74, 6) is -0.206. The fourth-order valence-corrected chi connectivity index (χ4v) is 1.43. The van der Waals surface area contributed by atoms with Crippen LogP contribution in [0.4, 0.5) is 0 Å². The number of amides is 2. The normalized spacial score (nSPS) is 20.2. The Labute approximate surface area is 95.1 Å². The van der Waals surface area contributed by atoms with Crippen molar-refractivity contribution < 1.29 is 14.3 Å². The number of nitrogens with one attached hydrogen (secondary N) is 3.